The number of rotatable bonds is 5. The van der Waals surface area contributed by atoms with Gasteiger partial charge in [0, 0.05) is 0 Å². The van der Waals surface area contributed by atoms with E-state index in [1.165, 1.54) is 6.42 Å². The van der Waals surface area contributed by atoms with Crippen molar-refractivity contribution >= 4 is 0 Å². The predicted octanol–water partition coefficient (Wildman–Crippen LogP) is -2.46. The monoisotopic (exact) mass is 247 g/mol. The maximum absolute atomic E-state index is 5.41. The molecular formula is C9H18BrN3. The minimum atomic E-state index is 0. The Hall–Kier alpha value is -0.350. The number of aryl methyl sites for hydroxylation is 2. The highest BCUT2D eigenvalue weighted by Crippen LogP contribution is 1.92. The highest BCUT2D eigenvalue weighted by atomic mass is 79.9. The van der Waals surface area contributed by atoms with E-state index in [0.29, 0.717) is 0 Å². The average Bonchev–Trinajstić information content (AvgIpc) is 2.53. The van der Waals surface area contributed by atoms with Crippen LogP contribution in [0.4, 0.5) is 0 Å². The lowest BCUT2D eigenvalue weighted by atomic mass is 10.3. The maximum Gasteiger partial charge on any atom is 0.243 e. The van der Waals surface area contributed by atoms with Gasteiger partial charge in [0.05, 0.1) is 13.1 Å². The van der Waals surface area contributed by atoms with Crippen molar-refractivity contribution in [2.24, 2.45) is 5.73 Å². The molecule has 0 unspecified atom stereocenters. The molecule has 0 radical (unpaired) electrons. The van der Waals surface area contributed by atoms with E-state index in [4.69, 9.17) is 5.73 Å². The molecule has 13 heavy (non-hydrogen) atoms. The quantitative estimate of drug-likeness (QED) is 0.455. The molecule has 1 heterocycles. The van der Waals surface area contributed by atoms with Crippen LogP contribution in [0.25, 0.3) is 0 Å². The molecule has 0 aliphatic carbocycles. The summed E-state index contributed by atoms with van der Waals surface area (Å²) >= 11 is 0. The molecule has 0 aromatic carbocycles. The third-order valence-corrected chi connectivity index (χ3v) is 1.98. The second-order valence-corrected chi connectivity index (χ2v) is 2.98. The molecule has 0 fully saturated rings. The van der Waals surface area contributed by atoms with Gasteiger partial charge in [-0.15, -0.1) is 0 Å². The van der Waals surface area contributed by atoms with Gasteiger partial charge in [-0.05, 0) is 26.3 Å². The lowest BCUT2D eigenvalue weighted by Gasteiger charge is -1.93. The van der Waals surface area contributed by atoms with Crippen LogP contribution in [-0.4, -0.2) is 11.1 Å². The summed E-state index contributed by atoms with van der Waals surface area (Å²) in [7, 11) is 0. The molecule has 0 bridgehead atoms. The summed E-state index contributed by atoms with van der Waals surface area (Å²) in [6.45, 7) is 5.08. The lowest BCUT2D eigenvalue weighted by Crippen LogP contribution is -3.00. The van der Waals surface area contributed by atoms with Crippen molar-refractivity contribution in [1.82, 2.24) is 4.57 Å². The molecule has 1 rings (SSSR count). The molecule has 0 aliphatic heterocycles. The second-order valence-electron chi connectivity index (χ2n) is 2.98. The molecule has 0 atom stereocenters. The van der Waals surface area contributed by atoms with Crippen LogP contribution in [0.15, 0.2) is 18.7 Å². The molecule has 0 aliphatic rings. The zero-order valence-corrected chi connectivity index (χ0v) is 9.70. The van der Waals surface area contributed by atoms with Gasteiger partial charge in [0.1, 0.15) is 12.4 Å². The molecule has 3 nitrogen and oxygen atoms in total. The summed E-state index contributed by atoms with van der Waals surface area (Å²) in [5.74, 6) is 0. The average molecular weight is 248 g/mol. The zero-order valence-electron chi connectivity index (χ0n) is 8.12. The van der Waals surface area contributed by atoms with Crippen LogP contribution in [-0.2, 0) is 13.1 Å². The standard InChI is InChI=1S/C9H18N3.BrH/c1-2-11-7-8-12(9-11)6-4-3-5-10;/h7-9H,2-6,10H2,1H3;1H/q+1;/p-1. The van der Waals surface area contributed by atoms with E-state index >= 15 is 0 Å². The van der Waals surface area contributed by atoms with Crippen LogP contribution in [0.5, 0.6) is 0 Å². The Labute approximate surface area is 90.3 Å². The highest BCUT2D eigenvalue weighted by molar-refractivity contribution is 4.65. The number of hydrogen-bond acceptors (Lipinski definition) is 1. The van der Waals surface area contributed by atoms with E-state index < -0.39 is 0 Å². The third kappa shape index (κ3) is 4.43. The molecule has 1 aromatic rings. The number of nitrogens with zero attached hydrogens (tertiary/aromatic N) is 2. The Kier molecular flexibility index (Phi) is 6.90. The first-order chi connectivity index (χ1) is 5.86. The fraction of sp³-hybridized carbons (Fsp3) is 0.667. The zero-order chi connectivity index (χ0) is 8.81. The maximum atomic E-state index is 5.41. The van der Waals surface area contributed by atoms with Crippen LogP contribution < -0.4 is 27.3 Å². The molecular weight excluding hydrogens is 230 g/mol. The van der Waals surface area contributed by atoms with Crippen molar-refractivity contribution in [2.75, 3.05) is 6.54 Å². The van der Waals surface area contributed by atoms with E-state index in [1.807, 2.05) is 0 Å². The van der Waals surface area contributed by atoms with Gasteiger partial charge in [-0.25, -0.2) is 9.13 Å². The first-order valence-electron chi connectivity index (χ1n) is 4.61. The molecule has 0 saturated heterocycles. The van der Waals surface area contributed by atoms with Gasteiger partial charge in [0.2, 0.25) is 6.33 Å². The summed E-state index contributed by atoms with van der Waals surface area (Å²) in [4.78, 5) is 0. The van der Waals surface area contributed by atoms with Gasteiger partial charge in [-0.1, -0.05) is 0 Å². The smallest absolute Gasteiger partial charge is 0.243 e. The van der Waals surface area contributed by atoms with Gasteiger partial charge in [-0.3, -0.25) is 0 Å². The molecule has 76 valence electrons. The van der Waals surface area contributed by atoms with Crippen molar-refractivity contribution in [3.05, 3.63) is 18.7 Å². The van der Waals surface area contributed by atoms with E-state index in [1.54, 1.807) is 0 Å². The van der Waals surface area contributed by atoms with Gasteiger partial charge in [0.25, 0.3) is 0 Å². The Morgan fingerprint density at radius 3 is 2.69 bits per heavy atom. The number of unbranched alkanes of at least 4 members (excludes halogenated alkanes) is 1. The highest BCUT2D eigenvalue weighted by Gasteiger charge is 1.99. The van der Waals surface area contributed by atoms with Crippen LogP contribution in [0, 0.1) is 0 Å². The fourth-order valence-corrected chi connectivity index (χ4v) is 1.20. The van der Waals surface area contributed by atoms with E-state index in [2.05, 4.69) is 34.8 Å². The number of imidazole rings is 1. The van der Waals surface area contributed by atoms with Crippen LogP contribution in [0.1, 0.15) is 19.8 Å². The minimum Gasteiger partial charge on any atom is -1.00 e. The molecule has 0 amide bonds. The lowest BCUT2D eigenvalue weighted by molar-refractivity contribution is -0.693. The van der Waals surface area contributed by atoms with Crippen molar-refractivity contribution in [3.8, 4) is 0 Å². The summed E-state index contributed by atoms with van der Waals surface area (Å²) in [6, 6.07) is 0. The summed E-state index contributed by atoms with van der Waals surface area (Å²) in [5, 5.41) is 0. The first-order valence-corrected chi connectivity index (χ1v) is 4.61. The minimum absolute atomic E-state index is 0. The molecule has 4 heteroatoms. The number of hydrogen-bond donors (Lipinski definition) is 1. The molecule has 2 N–H and O–H groups in total. The van der Waals surface area contributed by atoms with Crippen molar-refractivity contribution in [1.29, 1.82) is 0 Å². The Balaban J connectivity index is 0.00000144. The van der Waals surface area contributed by atoms with Crippen molar-refractivity contribution in [3.63, 3.8) is 0 Å². The topological polar surface area (TPSA) is 34.8 Å². The molecule has 0 saturated carbocycles. The summed E-state index contributed by atoms with van der Waals surface area (Å²) < 4.78 is 4.38. The predicted molar refractivity (Wildman–Crippen MR) is 48.6 cm³/mol. The van der Waals surface area contributed by atoms with Crippen LogP contribution in [0.2, 0.25) is 0 Å². The number of aromatic nitrogens is 2. The van der Waals surface area contributed by atoms with Crippen LogP contribution in [0.3, 0.4) is 0 Å². The third-order valence-electron chi connectivity index (χ3n) is 1.98. The normalized spacial score (nSPS) is 9.69. The Bertz CT molecular complexity index is 222. The van der Waals surface area contributed by atoms with Gasteiger partial charge >= 0.3 is 0 Å². The summed E-state index contributed by atoms with van der Waals surface area (Å²) in [5.41, 5.74) is 5.41. The van der Waals surface area contributed by atoms with Gasteiger partial charge < -0.3 is 22.7 Å². The SMILES string of the molecule is CC[n+]1ccn(CCCCN)c1.[Br-]. The van der Waals surface area contributed by atoms with Crippen LogP contribution >= 0.6 is 0 Å². The first kappa shape index (κ1) is 12.7. The van der Waals surface area contributed by atoms with Crippen molar-refractivity contribution < 1.29 is 21.5 Å². The van der Waals surface area contributed by atoms with Crippen molar-refractivity contribution in [2.45, 2.75) is 32.9 Å². The molecule has 0 spiro atoms. The Morgan fingerprint density at radius 1 is 1.38 bits per heavy atom. The second kappa shape index (κ2) is 7.09. The van der Waals surface area contributed by atoms with E-state index in [9.17, 15) is 0 Å². The number of halogens is 1. The van der Waals surface area contributed by atoms with E-state index in [-0.39, 0.29) is 17.0 Å². The largest absolute Gasteiger partial charge is 1.00 e. The Morgan fingerprint density at radius 2 is 2.15 bits per heavy atom. The van der Waals surface area contributed by atoms with Gasteiger partial charge in [-0.2, -0.15) is 0 Å². The summed E-state index contributed by atoms with van der Waals surface area (Å²) in [6.07, 6.45) is 8.64. The van der Waals surface area contributed by atoms with Gasteiger partial charge in [0.15, 0.2) is 0 Å². The molecule has 1 aromatic heterocycles. The number of nitrogens with two attached hydrogens (primary N) is 1. The van der Waals surface area contributed by atoms with E-state index in [0.717, 1.165) is 26.1 Å². The fourth-order valence-electron chi connectivity index (χ4n) is 1.20.